The molecule has 3 aromatic carbocycles. The summed E-state index contributed by atoms with van der Waals surface area (Å²) in [7, 11) is -2.39. The van der Waals surface area contributed by atoms with E-state index in [2.05, 4.69) is 6.07 Å². The molecule has 3 aromatic rings. The summed E-state index contributed by atoms with van der Waals surface area (Å²) in [6, 6.07) is 25.0. The van der Waals surface area contributed by atoms with E-state index < -0.39 is 22.2 Å². The molecule has 0 aromatic heterocycles. The molecule has 45 heavy (non-hydrogen) atoms. The van der Waals surface area contributed by atoms with Crippen LogP contribution in [-0.2, 0) is 32.4 Å². The minimum atomic E-state index is -3.92. The number of morpholine rings is 1. The third-order valence-corrected chi connectivity index (χ3v) is 10.6. The van der Waals surface area contributed by atoms with Crippen LogP contribution in [0, 0.1) is 17.2 Å². The summed E-state index contributed by atoms with van der Waals surface area (Å²) in [6.45, 7) is 0.413. The van der Waals surface area contributed by atoms with E-state index in [-0.39, 0.29) is 42.5 Å². The second-order valence-electron chi connectivity index (χ2n) is 12.0. The molecular formula is C35H41N3O6S. The molecule has 2 aliphatic rings. The maximum absolute atomic E-state index is 13.9. The molecule has 1 saturated carbocycles. The van der Waals surface area contributed by atoms with Gasteiger partial charge in [-0.2, -0.15) is 9.57 Å². The lowest BCUT2D eigenvalue weighted by Crippen LogP contribution is -2.58. The van der Waals surface area contributed by atoms with Gasteiger partial charge in [-0.1, -0.05) is 55.3 Å². The van der Waals surface area contributed by atoms with Gasteiger partial charge in [0, 0.05) is 26.1 Å². The molecule has 1 amide bonds. The fourth-order valence-electron chi connectivity index (χ4n) is 6.34. The van der Waals surface area contributed by atoms with Crippen LogP contribution in [-0.4, -0.2) is 80.2 Å². The zero-order valence-corrected chi connectivity index (χ0v) is 26.4. The maximum atomic E-state index is 13.9. The molecule has 0 spiro atoms. The van der Waals surface area contributed by atoms with Crippen molar-refractivity contribution in [1.82, 2.24) is 9.21 Å². The number of methoxy groups -OCH3 is 1. The number of hydrogen-bond donors (Lipinski definition) is 1. The Bertz CT molecular complexity index is 1570. The zero-order valence-electron chi connectivity index (χ0n) is 25.6. The normalized spacial score (nSPS) is 19.9. The molecule has 1 heterocycles. The van der Waals surface area contributed by atoms with Crippen molar-refractivity contribution in [3.05, 3.63) is 95.6 Å². The fourth-order valence-corrected chi connectivity index (χ4v) is 7.90. The molecule has 1 saturated heterocycles. The predicted octanol–water partition coefficient (Wildman–Crippen LogP) is 4.19. The average Bonchev–Trinajstić information content (AvgIpc) is 3.57. The molecule has 1 N–H and O–H groups in total. The second kappa shape index (κ2) is 15.0. The number of benzene rings is 3. The van der Waals surface area contributed by atoms with E-state index in [1.807, 2.05) is 36.4 Å². The van der Waals surface area contributed by atoms with Gasteiger partial charge in [0.25, 0.3) is 5.91 Å². The van der Waals surface area contributed by atoms with Crippen molar-refractivity contribution in [2.24, 2.45) is 5.92 Å². The molecule has 10 heteroatoms. The number of aliphatic hydroxyl groups is 1. The number of β-amino-alcohol motifs (C(OH)–C–C–N with tert-alkyl or cyclic N) is 1. The zero-order chi connectivity index (χ0) is 31.8. The summed E-state index contributed by atoms with van der Waals surface area (Å²) in [4.78, 5) is 15.7. The van der Waals surface area contributed by atoms with Gasteiger partial charge in [0.2, 0.25) is 10.0 Å². The highest BCUT2D eigenvalue weighted by atomic mass is 32.2. The molecule has 1 aliphatic carbocycles. The Morgan fingerprint density at radius 3 is 2.42 bits per heavy atom. The summed E-state index contributed by atoms with van der Waals surface area (Å²) in [5.41, 5.74) is 2.34. The first-order valence-electron chi connectivity index (χ1n) is 15.5. The number of rotatable bonds is 13. The monoisotopic (exact) mass is 631 g/mol. The summed E-state index contributed by atoms with van der Waals surface area (Å²) in [6.07, 6.45) is 2.93. The van der Waals surface area contributed by atoms with Crippen LogP contribution >= 0.6 is 0 Å². The average molecular weight is 632 g/mol. The van der Waals surface area contributed by atoms with E-state index in [1.165, 1.54) is 23.5 Å². The van der Waals surface area contributed by atoms with E-state index in [0.29, 0.717) is 30.7 Å². The van der Waals surface area contributed by atoms with Gasteiger partial charge in [-0.25, -0.2) is 8.42 Å². The second-order valence-corrected chi connectivity index (χ2v) is 13.9. The molecule has 238 valence electrons. The summed E-state index contributed by atoms with van der Waals surface area (Å²) in [5.74, 6) is 0.513. The van der Waals surface area contributed by atoms with Crippen LogP contribution in [0.5, 0.6) is 5.75 Å². The quantitative estimate of drug-likeness (QED) is 0.300. The third-order valence-electron chi connectivity index (χ3n) is 8.74. The molecular weight excluding hydrogens is 590 g/mol. The SMILES string of the molecule is COc1ccc(S(=O)(=O)N(CC2CCCC2)C[C@@H](O)CN2C(=O)[C@H](Cc3cccc(C#N)c3)OC[C@@H]2Cc2ccccc2)cc1. The maximum Gasteiger partial charge on any atom is 0.252 e. The largest absolute Gasteiger partial charge is 0.497 e. The lowest BCUT2D eigenvalue weighted by atomic mass is 9.99. The molecule has 0 radical (unpaired) electrons. The smallest absolute Gasteiger partial charge is 0.252 e. The standard InChI is InChI=1S/C35H41N3O6S/c1-43-32-14-16-33(17-15-32)45(41,42)37(22-27-10-5-6-11-27)23-31(39)24-38-30(19-26-8-3-2-4-9-26)25-44-34(35(38)40)20-28-12-7-13-29(18-28)21-36/h2-4,7-9,12-18,27,30-31,34,39H,5-6,10-11,19-20,22-25H2,1H3/t30-,31+,34-/m0/s1. The van der Waals surface area contributed by atoms with Gasteiger partial charge >= 0.3 is 0 Å². The molecule has 3 atom stereocenters. The number of ether oxygens (including phenoxy) is 2. The first-order chi connectivity index (χ1) is 21.8. The van der Waals surface area contributed by atoms with Gasteiger partial charge in [0.05, 0.1) is 42.4 Å². The van der Waals surface area contributed by atoms with Crippen LogP contribution < -0.4 is 4.74 Å². The highest BCUT2D eigenvalue weighted by molar-refractivity contribution is 7.89. The Morgan fingerprint density at radius 2 is 1.73 bits per heavy atom. The first-order valence-corrected chi connectivity index (χ1v) is 17.0. The van der Waals surface area contributed by atoms with E-state index in [9.17, 15) is 23.6 Å². The lowest BCUT2D eigenvalue weighted by Gasteiger charge is -2.41. The van der Waals surface area contributed by atoms with Crippen molar-refractivity contribution in [3.8, 4) is 11.8 Å². The van der Waals surface area contributed by atoms with Crippen LogP contribution in [0.2, 0.25) is 0 Å². The number of hydrogen-bond acceptors (Lipinski definition) is 7. The Balaban J connectivity index is 1.36. The Kier molecular flexibility index (Phi) is 10.9. The first kappa shape index (κ1) is 32.6. The van der Waals surface area contributed by atoms with Gasteiger partial charge in [-0.3, -0.25) is 4.79 Å². The molecule has 1 aliphatic heterocycles. The van der Waals surface area contributed by atoms with Crippen molar-refractivity contribution in [1.29, 1.82) is 5.26 Å². The summed E-state index contributed by atoms with van der Waals surface area (Å²) < 4.78 is 40.4. The van der Waals surface area contributed by atoms with Gasteiger partial charge < -0.3 is 19.5 Å². The van der Waals surface area contributed by atoms with Crippen molar-refractivity contribution in [2.45, 2.75) is 61.7 Å². The summed E-state index contributed by atoms with van der Waals surface area (Å²) in [5, 5.41) is 20.8. The van der Waals surface area contributed by atoms with Gasteiger partial charge in [-0.15, -0.1) is 0 Å². The number of sulfonamides is 1. The minimum absolute atomic E-state index is 0.0340. The van der Waals surface area contributed by atoms with E-state index >= 15 is 0 Å². The summed E-state index contributed by atoms with van der Waals surface area (Å²) >= 11 is 0. The van der Waals surface area contributed by atoms with Crippen LogP contribution in [0.4, 0.5) is 0 Å². The highest BCUT2D eigenvalue weighted by Crippen LogP contribution is 2.29. The van der Waals surface area contributed by atoms with Crippen LogP contribution in [0.1, 0.15) is 42.4 Å². The van der Waals surface area contributed by atoms with Crippen molar-refractivity contribution in [3.63, 3.8) is 0 Å². The van der Waals surface area contributed by atoms with Crippen molar-refractivity contribution in [2.75, 3.05) is 33.4 Å². The Morgan fingerprint density at radius 1 is 1.02 bits per heavy atom. The topological polar surface area (TPSA) is 120 Å². The Hall–Kier alpha value is -3.75. The molecule has 9 nitrogen and oxygen atoms in total. The van der Waals surface area contributed by atoms with Crippen LogP contribution in [0.15, 0.2) is 83.8 Å². The minimum Gasteiger partial charge on any atom is -0.497 e. The van der Waals surface area contributed by atoms with E-state index in [0.717, 1.165) is 36.8 Å². The van der Waals surface area contributed by atoms with Gasteiger partial charge in [-0.05, 0) is 72.7 Å². The number of carbonyl (C=O) groups excluding carboxylic acids is 1. The van der Waals surface area contributed by atoms with Crippen LogP contribution in [0.3, 0.4) is 0 Å². The molecule has 0 bridgehead atoms. The van der Waals surface area contributed by atoms with E-state index in [1.54, 1.807) is 35.2 Å². The van der Waals surface area contributed by atoms with Crippen molar-refractivity contribution < 1.29 is 27.8 Å². The number of aliphatic hydroxyl groups excluding tert-OH is 1. The van der Waals surface area contributed by atoms with E-state index in [4.69, 9.17) is 9.47 Å². The third kappa shape index (κ3) is 8.30. The van der Waals surface area contributed by atoms with Gasteiger partial charge in [0.15, 0.2) is 0 Å². The molecule has 0 unspecified atom stereocenters. The van der Waals surface area contributed by atoms with Gasteiger partial charge in [0.1, 0.15) is 11.9 Å². The van der Waals surface area contributed by atoms with Crippen molar-refractivity contribution >= 4 is 15.9 Å². The Labute approximate surface area is 266 Å². The molecule has 5 rings (SSSR count). The number of nitriles is 1. The van der Waals surface area contributed by atoms with Crippen LogP contribution in [0.25, 0.3) is 0 Å². The fraction of sp³-hybridized carbons (Fsp3) is 0.429. The number of nitrogens with zero attached hydrogens (tertiary/aromatic N) is 3. The number of carbonyl (C=O) groups is 1. The highest BCUT2D eigenvalue weighted by Gasteiger charge is 2.38. The number of amides is 1. The molecule has 2 fully saturated rings. The lowest BCUT2D eigenvalue weighted by molar-refractivity contribution is -0.161. The predicted molar refractivity (Wildman–Crippen MR) is 170 cm³/mol.